The molecule has 0 aliphatic heterocycles. The van der Waals surface area contributed by atoms with Crippen LogP contribution in [0.25, 0.3) is 10.8 Å². The Morgan fingerprint density at radius 3 is 2.28 bits per heavy atom. The van der Waals surface area contributed by atoms with Crippen molar-refractivity contribution in [1.29, 1.82) is 0 Å². The molecule has 0 heterocycles. The second-order valence-electron chi connectivity index (χ2n) is 3.63. The fourth-order valence-electron chi connectivity index (χ4n) is 1.78. The second kappa shape index (κ2) is 4.79. The van der Waals surface area contributed by atoms with E-state index >= 15 is 0 Å². The third-order valence-corrected chi connectivity index (χ3v) is 2.56. The molecule has 0 aliphatic rings. The minimum atomic E-state index is 0.0608. The average Bonchev–Trinajstić information content (AvgIpc) is 2.36. The maximum atomic E-state index is 10.1. The summed E-state index contributed by atoms with van der Waals surface area (Å²) >= 11 is 0. The number of nitrogens with two attached hydrogens (primary N) is 1. The molecular formula is C12H13N5O. The van der Waals surface area contributed by atoms with E-state index in [-0.39, 0.29) is 5.75 Å². The van der Waals surface area contributed by atoms with E-state index in [1.165, 1.54) is 0 Å². The summed E-state index contributed by atoms with van der Waals surface area (Å²) in [5, 5.41) is 26.7. The van der Waals surface area contributed by atoms with E-state index in [1.807, 2.05) is 0 Å². The highest BCUT2D eigenvalue weighted by Gasteiger charge is 2.11. The lowest BCUT2D eigenvalue weighted by Crippen LogP contribution is -1.86. The molecule has 3 N–H and O–H groups in total. The van der Waals surface area contributed by atoms with Gasteiger partial charge < -0.3 is 10.8 Å². The lowest BCUT2D eigenvalue weighted by Gasteiger charge is -2.07. The van der Waals surface area contributed by atoms with Gasteiger partial charge in [0.1, 0.15) is 11.4 Å². The van der Waals surface area contributed by atoms with Crippen LogP contribution in [0.3, 0.4) is 0 Å². The van der Waals surface area contributed by atoms with E-state index in [1.54, 1.807) is 38.4 Å². The van der Waals surface area contributed by atoms with Crippen LogP contribution in [0, 0.1) is 0 Å². The first-order valence-electron chi connectivity index (χ1n) is 5.33. The van der Waals surface area contributed by atoms with Crippen LogP contribution in [0.5, 0.6) is 5.75 Å². The van der Waals surface area contributed by atoms with Crippen molar-refractivity contribution in [2.75, 3.05) is 19.8 Å². The molecule has 0 amide bonds. The zero-order chi connectivity index (χ0) is 13.1. The van der Waals surface area contributed by atoms with Crippen molar-refractivity contribution in [3.8, 4) is 5.75 Å². The quantitative estimate of drug-likeness (QED) is 0.623. The second-order valence-corrected chi connectivity index (χ2v) is 3.63. The number of nitrogen functional groups attached to an aromatic ring is 1. The maximum Gasteiger partial charge on any atom is 0.150 e. The first kappa shape index (κ1) is 12.0. The van der Waals surface area contributed by atoms with Gasteiger partial charge in [0.05, 0.1) is 5.69 Å². The van der Waals surface area contributed by atoms with E-state index in [9.17, 15) is 5.11 Å². The van der Waals surface area contributed by atoms with Gasteiger partial charge in [0.15, 0.2) is 5.75 Å². The number of phenols is 1. The highest BCUT2D eigenvalue weighted by atomic mass is 16.3. The van der Waals surface area contributed by atoms with Crippen molar-refractivity contribution in [2.45, 2.75) is 0 Å². The standard InChI is InChI=1S/C12H13N5O/c1-14-16-10-6-4-7-8(12(10)18)3-5-9(13)11(7)17-15-2/h3-6,18H,13H2,1-2H3. The van der Waals surface area contributed by atoms with Crippen LogP contribution in [-0.4, -0.2) is 19.2 Å². The molecule has 18 heavy (non-hydrogen) atoms. The Labute approximate surface area is 104 Å². The molecule has 0 spiro atoms. The highest BCUT2D eigenvalue weighted by molar-refractivity contribution is 6.02. The van der Waals surface area contributed by atoms with Crippen LogP contribution in [0.1, 0.15) is 0 Å². The number of rotatable bonds is 2. The molecule has 0 aromatic heterocycles. The molecule has 0 bridgehead atoms. The SMILES string of the molecule is CN=Nc1ccc2c(N=NC)c(N)ccc2c1O. The lowest BCUT2D eigenvalue weighted by atomic mass is 10.1. The van der Waals surface area contributed by atoms with E-state index in [0.717, 1.165) is 5.39 Å². The molecule has 0 atom stereocenters. The van der Waals surface area contributed by atoms with Gasteiger partial charge in [0, 0.05) is 24.9 Å². The summed E-state index contributed by atoms with van der Waals surface area (Å²) in [6.45, 7) is 0. The zero-order valence-electron chi connectivity index (χ0n) is 10.1. The largest absolute Gasteiger partial charge is 0.505 e. The minimum absolute atomic E-state index is 0.0608. The molecule has 6 heteroatoms. The number of benzene rings is 2. The first-order chi connectivity index (χ1) is 8.69. The van der Waals surface area contributed by atoms with Gasteiger partial charge in [0.25, 0.3) is 0 Å². The topological polar surface area (TPSA) is 95.7 Å². The van der Waals surface area contributed by atoms with Crippen LogP contribution in [0.4, 0.5) is 17.1 Å². The Kier molecular flexibility index (Phi) is 3.18. The molecule has 0 saturated heterocycles. The van der Waals surface area contributed by atoms with Crippen molar-refractivity contribution in [3.05, 3.63) is 24.3 Å². The molecule has 2 aromatic carbocycles. The Morgan fingerprint density at radius 1 is 0.944 bits per heavy atom. The number of aromatic hydroxyl groups is 1. The number of phenolic OH excluding ortho intramolecular Hbond substituents is 1. The van der Waals surface area contributed by atoms with Crippen molar-refractivity contribution in [3.63, 3.8) is 0 Å². The molecule has 6 nitrogen and oxygen atoms in total. The number of fused-ring (bicyclic) bond motifs is 1. The Balaban J connectivity index is 2.81. The van der Waals surface area contributed by atoms with Crippen LogP contribution >= 0.6 is 0 Å². The monoisotopic (exact) mass is 243 g/mol. The fraction of sp³-hybridized carbons (Fsp3) is 0.167. The predicted molar refractivity (Wildman–Crippen MR) is 70.9 cm³/mol. The van der Waals surface area contributed by atoms with Gasteiger partial charge in [-0.15, -0.1) is 0 Å². The fourth-order valence-corrected chi connectivity index (χ4v) is 1.78. The molecule has 0 radical (unpaired) electrons. The van der Waals surface area contributed by atoms with Gasteiger partial charge in [-0.1, -0.05) is 0 Å². The van der Waals surface area contributed by atoms with Crippen molar-refractivity contribution < 1.29 is 5.11 Å². The normalized spacial score (nSPS) is 11.9. The lowest BCUT2D eigenvalue weighted by molar-refractivity contribution is 0.482. The summed E-state index contributed by atoms with van der Waals surface area (Å²) in [6.07, 6.45) is 0. The summed E-state index contributed by atoms with van der Waals surface area (Å²) in [4.78, 5) is 0. The van der Waals surface area contributed by atoms with E-state index in [0.29, 0.717) is 22.4 Å². The van der Waals surface area contributed by atoms with Crippen molar-refractivity contribution in [2.24, 2.45) is 20.5 Å². The summed E-state index contributed by atoms with van der Waals surface area (Å²) in [7, 11) is 3.11. The van der Waals surface area contributed by atoms with Gasteiger partial charge in [-0.3, -0.25) is 0 Å². The Hall–Kier alpha value is -2.50. The van der Waals surface area contributed by atoms with Gasteiger partial charge in [-0.2, -0.15) is 20.5 Å². The maximum absolute atomic E-state index is 10.1. The van der Waals surface area contributed by atoms with E-state index in [4.69, 9.17) is 5.73 Å². The van der Waals surface area contributed by atoms with Gasteiger partial charge in [-0.25, -0.2) is 0 Å². The minimum Gasteiger partial charge on any atom is -0.505 e. The molecule has 0 aliphatic carbocycles. The highest BCUT2D eigenvalue weighted by Crippen LogP contribution is 2.41. The molecule has 0 saturated carbocycles. The number of hydrogen-bond donors (Lipinski definition) is 2. The van der Waals surface area contributed by atoms with Crippen molar-refractivity contribution >= 4 is 27.8 Å². The van der Waals surface area contributed by atoms with Crippen LogP contribution < -0.4 is 5.73 Å². The first-order valence-corrected chi connectivity index (χ1v) is 5.33. The molecular weight excluding hydrogens is 230 g/mol. The summed E-state index contributed by atoms with van der Waals surface area (Å²) in [6, 6.07) is 6.86. The van der Waals surface area contributed by atoms with Crippen LogP contribution in [0.2, 0.25) is 0 Å². The Morgan fingerprint density at radius 2 is 1.61 bits per heavy atom. The van der Waals surface area contributed by atoms with Crippen molar-refractivity contribution in [1.82, 2.24) is 0 Å². The Bertz CT molecular complexity index is 648. The summed E-state index contributed by atoms with van der Waals surface area (Å²) in [5.74, 6) is 0.0608. The van der Waals surface area contributed by atoms with Crippen LogP contribution in [0.15, 0.2) is 44.7 Å². The summed E-state index contributed by atoms with van der Waals surface area (Å²) in [5.41, 5.74) is 7.31. The van der Waals surface area contributed by atoms with E-state index in [2.05, 4.69) is 20.5 Å². The predicted octanol–water partition coefficient (Wildman–Crippen LogP) is 3.55. The van der Waals surface area contributed by atoms with Gasteiger partial charge in [-0.05, 0) is 24.3 Å². The van der Waals surface area contributed by atoms with Gasteiger partial charge >= 0.3 is 0 Å². The molecule has 92 valence electrons. The number of azo groups is 2. The third kappa shape index (κ3) is 1.88. The molecule has 0 fully saturated rings. The molecule has 0 unspecified atom stereocenters. The summed E-state index contributed by atoms with van der Waals surface area (Å²) < 4.78 is 0. The molecule has 2 aromatic rings. The zero-order valence-corrected chi connectivity index (χ0v) is 10.1. The number of anilines is 1. The van der Waals surface area contributed by atoms with Crippen LogP contribution in [-0.2, 0) is 0 Å². The number of hydrogen-bond acceptors (Lipinski definition) is 6. The van der Waals surface area contributed by atoms with Gasteiger partial charge in [0.2, 0.25) is 0 Å². The smallest absolute Gasteiger partial charge is 0.150 e. The molecule has 2 rings (SSSR count). The number of nitrogens with zero attached hydrogens (tertiary/aromatic N) is 4. The average molecular weight is 243 g/mol. The van der Waals surface area contributed by atoms with E-state index < -0.39 is 0 Å². The third-order valence-electron chi connectivity index (χ3n) is 2.56.